The summed E-state index contributed by atoms with van der Waals surface area (Å²) in [6, 6.07) is 3.41. The van der Waals surface area contributed by atoms with Gasteiger partial charge in [-0.3, -0.25) is 4.79 Å². The zero-order chi connectivity index (χ0) is 15.2. The summed E-state index contributed by atoms with van der Waals surface area (Å²) in [7, 11) is 0. The number of thiophene rings is 1. The predicted octanol–water partition coefficient (Wildman–Crippen LogP) is 2.83. The molecule has 1 amide bonds. The average molecular weight is 315 g/mol. The van der Waals surface area contributed by atoms with E-state index >= 15 is 0 Å². The second-order valence-electron chi connectivity index (χ2n) is 5.39. The lowest BCUT2D eigenvalue weighted by Gasteiger charge is -2.22. The number of hydrogen-bond donors (Lipinski definition) is 1. The van der Waals surface area contributed by atoms with E-state index in [4.69, 9.17) is 4.74 Å². The standard InChI is InChI=1S/C14H21NO3S2/c1-10(13(17)18-14(2,3)4)15-12(16)9-19-8-11-6-5-7-20-11/h5-7,10H,8-9H2,1-4H3,(H,15,16)/t10-/m0/s1. The Labute approximate surface area is 128 Å². The van der Waals surface area contributed by atoms with E-state index in [2.05, 4.69) is 5.32 Å². The van der Waals surface area contributed by atoms with Gasteiger partial charge in [-0.15, -0.1) is 23.1 Å². The molecule has 0 aliphatic carbocycles. The van der Waals surface area contributed by atoms with E-state index < -0.39 is 17.6 Å². The van der Waals surface area contributed by atoms with E-state index in [1.54, 1.807) is 39.0 Å². The van der Waals surface area contributed by atoms with Crippen molar-refractivity contribution in [3.8, 4) is 0 Å². The largest absolute Gasteiger partial charge is 0.458 e. The van der Waals surface area contributed by atoms with Gasteiger partial charge in [0.15, 0.2) is 0 Å². The zero-order valence-electron chi connectivity index (χ0n) is 12.3. The number of carbonyl (C=O) groups excluding carboxylic acids is 2. The molecule has 1 atom stereocenters. The molecule has 0 aliphatic heterocycles. The molecule has 20 heavy (non-hydrogen) atoms. The van der Waals surface area contributed by atoms with Gasteiger partial charge in [-0.25, -0.2) is 4.79 Å². The fraction of sp³-hybridized carbons (Fsp3) is 0.571. The van der Waals surface area contributed by atoms with Crippen molar-refractivity contribution in [1.82, 2.24) is 5.32 Å². The summed E-state index contributed by atoms with van der Waals surface area (Å²) in [6.45, 7) is 7.04. The van der Waals surface area contributed by atoms with Gasteiger partial charge < -0.3 is 10.1 Å². The van der Waals surface area contributed by atoms with Crippen molar-refractivity contribution in [2.45, 2.75) is 45.1 Å². The van der Waals surface area contributed by atoms with Crippen molar-refractivity contribution in [2.24, 2.45) is 0 Å². The fourth-order valence-corrected chi connectivity index (χ4v) is 3.05. The predicted molar refractivity (Wildman–Crippen MR) is 83.9 cm³/mol. The van der Waals surface area contributed by atoms with E-state index in [0.717, 1.165) is 5.75 Å². The number of rotatable bonds is 6. The molecule has 0 unspecified atom stereocenters. The molecule has 0 saturated carbocycles. The molecule has 0 spiro atoms. The summed E-state index contributed by atoms with van der Waals surface area (Å²) in [4.78, 5) is 24.7. The van der Waals surface area contributed by atoms with Gasteiger partial charge >= 0.3 is 5.97 Å². The van der Waals surface area contributed by atoms with Gasteiger partial charge in [0.2, 0.25) is 5.91 Å². The molecule has 6 heteroatoms. The Hall–Kier alpha value is -1.01. The monoisotopic (exact) mass is 315 g/mol. The summed E-state index contributed by atoms with van der Waals surface area (Å²) in [5.41, 5.74) is -0.538. The Bertz CT molecular complexity index is 438. The lowest BCUT2D eigenvalue weighted by molar-refractivity contribution is -0.157. The van der Waals surface area contributed by atoms with Gasteiger partial charge in [0.05, 0.1) is 5.75 Å². The van der Waals surface area contributed by atoms with Crippen LogP contribution >= 0.6 is 23.1 Å². The van der Waals surface area contributed by atoms with Crippen LogP contribution < -0.4 is 5.32 Å². The van der Waals surface area contributed by atoms with Crippen LogP contribution in [-0.4, -0.2) is 29.3 Å². The number of carbonyl (C=O) groups is 2. The summed E-state index contributed by atoms with van der Waals surface area (Å²) in [5.74, 6) is 0.593. The van der Waals surface area contributed by atoms with Crippen molar-refractivity contribution in [2.75, 3.05) is 5.75 Å². The number of nitrogens with one attached hydrogen (secondary N) is 1. The van der Waals surface area contributed by atoms with Gasteiger partial charge in [-0.1, -0.05) is 6.07 Å². The molecule has 0 aromatic carbocycles. The molecule has 0 bridgehead atoms. The molecule has 4 nitrogen and oxygen atoms in total. The van der Waals surface area contributed by atoms with Gasteiger partial charge in [0, 0.05) is 10.6 Å². The van der Waals surface area contributed by atoms with Crippen LogP contribution in [0.2, 0.25) is 0 Å². The maximum Gasteiger partial charge on any atom is 0.328 e. The normalized spacial score (nSPS) is 12.8. The Balaban J connectivity index is 2.25. The molecule has 0 saturated heterocycles. The molecule has 1 aromatic heterocycles. The molecule has 1 heterocycles. The third kappa shape index (κ3) is 6.96. The number of ether oxygens (including phenoxy) is 1. The minimum atomic E-state index is -0.621. The van der Waals surface area contributed by atoms with Gasteiger partial charge in [0.25, 0.3) is 0 Å². The first-order valence-corrected chi connectivity index (χ1v) is 8.44. The highest BCUT2D eigenvalue weighted by molar-refractivity contribution is 7.99. The first-order chi connectivity index (χ1) is 9.28. The maximum absolute atomic E-state index is 11.7. The number of thioether (sulfide) groups is 1. The molecule has 1 N–H and O–H groups in total. The fourth-order valence-electron chi connectivity index (χ4n) is 1.37. The third-order valence-corrected chi connectivity index (χ3v) is 4.24. The summed E-state index contributed by atoms with van der Waals surface area (Å²) < 4.78 is 5.20. The van der Waals surface area contributed by atoms with E-state index in [1.165, 1.54) is 16.6 Å². The van der Waals surface area contributed by atoms with E-state index in [1.807, 2.05) is 17.5 Å². The van der Waals surface area contributed by atoms with Crippen molar-refractivity contribution in [3.05, 3.63) is 22.4 Å². The second kappa shape index (κ2) is 7.69. The summed E-state index contributed by atoms with van der Waals surface area (Å²) in [6.07, 6.45) is 0. The number of amides is 1. The SMILES string of the molecule is C[C@H](NC(=O)CSCc1cccs1)C(=O)OC(C)(C)C. The first kappa shape index (κ1) is 17.0. The van der Waals surface area contributed by atoms with Gasteiger partial charge in [-0.05, 0) is 39.1 Å². The minimum absolute atomic E-state index is 0.148. The van der Waals surface area contributed by atoms with Crippen molar-refractivity contribution >= 4 is 35.0 Å². The van der Waals surface area contributed by atoms with Gasteiger partial charge in [0.1, 0.15) is 11.6 Å². The van der Waals surface area contributed by atoms with E-state index in [-0.39, 0.29) is 5.91 Å². The molecule has 0 fully saturated rings. The van der Waals surface area contributed by atoms with Gasteiger partial charge in [-0.2, -0.15) is 0 Å². The quantitative estimate of drug-likeness (QED) is 0.820. The topological polar surface area (TPSA) is 55.4 Å². The van der Waals surface area contributed by atoms with Crippen molar-refractivity contribution in [1.29, 1.82) is 0 Å². The Morgan fingerprint density at radius 1 is 1.45 bits per heavy atom. The van der Waals surface area contributed by atoms with Crippen LogP contribution in [-0.2, 0) is 20.1 Å². The van der Waals surface area contributed by atoms with Crippen LogP contribution in [0.25, 0.3) is 0 Å². The zero-order valence-corrected chi connectivity index (χ0v) is 13.9. The average Bonchev–Trinajstić information content (AvgIpc) is 2.79. The van der Waals surface area contributed by atoms with Crippen molar-refractivity contribution in [3.63, 3.8) is 0 Å². The minimum Gasteiger partial charge on any atom is -0.458 e. The van der Waals surface area contributed by atoms with Crippen LogP contribution in [0, 0.1) is 0 Å². The van der Waals surface area contributed by atoms with Crippen molar-refractivity contribution < 1.29 is 14.3 Å². The van der Waals surface area contributed by atoms with Crippen LogP contribution in [0.4, 0.5) is 0 Å². The molecule has 1 aromatic rings. The number of esters is 1. The highest BCUT2D eigenvalue weighted by Gasteiger charge is 2.22. The highest BCUT2D eigenvalue weighted by Crippen LogP contribution is 2.16. The molecular weight excluding hydrogens is 294 g/mol. The Morgan fingerprint density at radius 2 is 2.15 bits per heavy atom. The molecule has 1 rings (SSSR count). The van der Waals surface area contributed by atoms with Crippen LogP contribution in [0.3, 0.4) is 0 Å². The molecule has 112 valence electrons. The summed E-state index contributed by atoms with van der Waals surface area (Å²) >= 11 is 3.21. The smallest absolute Gasteiger partial charge is 0.328 e. The van der Waals surface area contributed by atoms with E-state index in [9.17, 15) is 9.59 Å². The molecular formula is C14H21NO3S2. The second-order valence-corrected chi connectivity index (χ2v) is 7.41. The molecule has 0 aliphatic rings. The Kier molecular flexibility index (Phi) is 6.55. The van der Waals surface area contributed by atoms with E-state index in [0.29, 0.717) is 5.75 Å². The lowest BCUT2D eigenvalue weighted by atomic mass is 10.2. The van der Waals surface area contributed by atoms with Crippen LogP contribution in [0.1, 0.15) is 32.6 Å². The molecule has 0 radical (unpaired) electrons. The summed E-state index contributed by atoms with van der Waals surface area (Å²) in [5, 5.41) is 4.67. The highest BCUT2D eigenvalue weighted by atomic mass is 32.2. The first-order valence-electron chi connectivity index (χ1n) is 6.40. The third-order valence-electron chi connectivity index (χ3n) is 2.20. The number of hydrogen-bond acceptors (Lipinski definition) is 5. The maximum atomic E-state index is 11.7. The Morgan fingerprint density at radius 3 is 2.70 bits per heavy atom. The lowest BCUT2D eigenvalue weighted by Crippen LogP contribution is -2.42. The van der Waals surface area contributed by atoms with Crippen LogP contribution in [0.5, 0.6) is 0 Å². The van der Waals surface area contributed by atoms with Crippen LogP contribution in [0.15, 0.2) is 17.5 Å².